The second kappa shape index (κ2) is 9.97. The minimum Gasteiger partial charge on any atom is -0.495 e. The lowest BCUT2D eigenvalue weighted by atomic mass is 9.92. The third-order valence-corrected chi connectivity index (χ3v) is 5.80. The Morgan fingerprint density at radius 1 is 1.16 bits per heavy atom. The summed E-state index contributed by atoms with van der Waals surface area (Å²) < 4.78 is 11.7. The van der Waals surface area contributed by atoms with Gasteiger partial charge in [-0.15, -0.1) is 10.2 Å². The van der Waals surface area contributed by atoms with Gasteiger partial charge in [0.25, 0.3) is 12.5 Å². The maximum Gasteiger partial charge on any atom is 0.315 e. The Bertz CT molecular complexity index is 975. The molecule has 1 N–H and O–H groups in total. The summed E-state index contributed by atoms with van der Waals surface area (Å²) in [5, 5.41) is 10.8. The number of halogens is 1. The Morgan fingerprint density at radius 3 is 2.65 bits per heavy atom. The van der Waals surface area contributed by atoms with E-state index in [0.29, 0.717) is 5.75 Å². The van der Waals surface area contributed by atoms with E-state index in [4.69, 9.17) is 21.1 Å². The standard InChI is InChI=1S/C23H25ClN4O3/c1-30-21-12-19(7-4-16(21)14-25-13-15-2-3-15)31-18-8-5-17(6-9-18)26-23(29)20-10-11-22(24)28-27-20/h4,7,10-12,15,17-18H,2-3,5-6,8-9,13H2,1H3/p+1. The van der Waals surface area contributed by atoms with Gasteiger partial charge in [-0.3, -0.25) is 4.79 Å². The predicted octanol–water partition coefficient (Wildman–Crippen LogP) is 4.35. The fourth-order valence-corrected chi connectivity index (χ4v) is 3.71. The number of amides is 1. The molecule has 4 rings (SSSR count). The number of nitrogens with one attached hydrogen (secondary N) is 1. The van der Waals surface area contributed by atoms with Crippen LogP contribution in [0.3, 0.4) is 0 Å². The second-order valence-corrected chi connectivity index (χ2v) is 8.45. The molecule has 2 aromatic rings. The Balaban J connectivity index is 1.27. The van der Waals surface area contributed by atoms with Crippen molar-refractivity contribution in [1.29, 1.82) is 0 Å². The molecule has 1 amide bonds. The molecule has 0 atom stereocenters. The zero-order valence-electron chi connectivity index (χ0n) is 17.5. The number of ether oxygens (including phenoxy) is 2. The lowest BCUT2D eigenvalue weighted by Gasteiger charge is -2.29. The number of nitrogens with zero attached hydrogens (tertiary/aromatic N) is 3. The maximum atomic E-state index is 12.3. The van der Waals surface area contributed by atoms with Crippen LogP contribution in [0.1, 0.15) is 54.6 Å². The van der Waals surface area contributed by atoms with Crippen molar-refractivity contribution in [3.8, 4) is 17.6 Å². The number of benzene rings is 1. The Hall–Kier alpha value is -2.85. The van der Waals surface area contributed by atoms with E-state index in [1.54, 1.807) is 19.2 Å². The van der Waals surface area contributed by atoms with Gasteiger partial charge in [0, 0.05) is 18.0 Å². The van der Waals surface area contributed by atoms with Gasteiger partial charge in [-0.05, 0) is 62.8 Å². The molecule has 0 radical (unpaired) electrons. The summed E-state index contributed by atoms with van der Waals surface area (Å²) >= 11 is 5.72. The van der Waals surface area contributed by atoms with Gasteiger partial charge in [0.1, 0.15) is 17.1 Å². The fraction of sp³-hybridized carbons (Fsp3) is 0.478. The molecule has 0 unspecified atom stereocenters. The normalized spacial score (nSPS) is 20.3. The van der Waals surface area contributed by atoms with E-state index in [0.717, 1.165) is 49.5 Å². The summed E-state index contributed by atoms with van der Waals surface area (Å²) in [5.41, 5.74) is 1.11. The van der Waals surface area contributed by atoms with Gasteiger partial charge in [-0.2, -0.15) is 0 Å². The molecule has 7 nitrogen and oxygen atoms in total. The molecule has 2 aliphatic carbocycles. The smallest absolute Gasteiger partial charge is 0.315 e. The van der Waals surface area contributed by atoms with Crippen LogP contribution in [-0.2, 0) is 0 Å². The van der Waals surface area contributed by atoms with Crippen LogP contribution in [0.2, 0.25) is 5.15 Å². The first-order valence-electron chi connectivity index (χ1n) is 10.7. The van der Waals surface area contributed by atoms with Crippen LogP contribution in [0.4, 0.5) is 0 Å². The highest BCUT2D eigenvalue weighted by molar-refractivity contribution is 6.29. The molecule has 31 heavy (non-hydrogen) atoms. The Kier molecular flexibility index (Phi) is 6.88. The summed E-state index contributed by atoms with van der Waals surface area (Å²) in [5.74, 6) is 1.99. The number of methoxy groups -OCH3 is 1. The van der Waals surface area contributed by atoms with Gasteiger partial charge in [0.15, 0.2) is 10.8 Å². The summed E-state index contributed by atoms with van der Waals surface area (Å²) in [4.78, 5) is 16.7. The van der Waals surface area contributed by atoms with Crippen molar-refractivity contribution in [2.24, 2.45) is 5.92 Å². The number of hydrogen-bond acceptors (Lipinski definition) is 5. The van der Waals surface area contributed by atoms with E-state index < -0.39 is 0 Å². The van der Waals surface area contributed by atoms with Crippen molar-refractivity contribution in [3.63, 3.8) is 0 Å². The molecule has 2 saturated carbocycles. The first kappa shape index (κ1) is 21.4. The molecule has 1 aromatic heterocycles. The SMILES string of the molecule is COc1cc(OC2CCC(NC(=O)c3ccc(Cl)nn3)CC2)ccc1C#[N+]CC1CC1. The van der Waals surface area contributed by atoms with E-state index in [2.05, 4.69) is 26.4 Å². The first-order chi connectivity index (χ1) is 15.1. The molecule has 8 heteroatoms. The van der Waals surface area contributed by atoms with Crippen LogP contribution in [0.15, 0.2) is 30.3 Å². The Morgan fingerprint density at radius 2 is 1.97 bits per heavy atom. The van der Waals surface area contributed by atoms with Crippen LogP contribution in [-0.4, -0.2) is 41.9 Å². The topological polar surface area (TPSA) is 77.7 Å². The van der Waals surface area contributed by atoms with Crippen LogP contribution < -0.4 is 14.8 Å². The number of carbonyl (C=O) groups excluding carboxylic acids is 1. The molecule has 1 aromatic carbocycles. The van der Waals surface area contributed by atoms with Crippen LogP contribution in [0.5, 0.6) is 11.5 Å². The third-order valence-electron chi connectivity index (χ3n) is 5.60. The molecular formula is C23H26ClN4O3+. The number of rotatable bonds is 6. The lowest BCUT2D eigenvalue weighted by Crippen LogP contribution is -2.40. The van der Waals surface area contributed by atoms with Gasteiger partial charge in [-0.25, -0.2) is 0 Å². The molecule has 0 spiro atoms. The number of hydrogen-bond donors (Lipinski definition) is 1. The fourth-order valence-electron chi connectivity index (χ4n) is 3.61. The summed E-state index contributed by atoms with van der Waals surface area (Å²) in [7, 11) is 1.64. The summed E-state index contributed by atoms with van der Waals surface area (Å²) in [6, 6.07) is 12.1. The molecule has 2 aliphatic rings. The van der Waals surface area contributed by atoms with Gasteiger partial charge in [0.2, 0.25) is 0 Å². The van der Waals surface area contributed by atoms with Gasteiger partial charge < -0.3 is 14.8 Å². The highest BCUT2D eigenvalue weighted by Gasteiger charge is 2.26. The number of carbonyl (C=O) groups is 1. The molecule has 0 saturated heterocycles. The van der Waals surface area contributed by atoms with E-state index in [-0.39, 0.29) is 28.9 Å². The average Bonchev–Trinajstić information content (AvgIpc) is 3.61. The van der Waals surface area contributed by atoms with E-state index in [1.165, 1.54) is 12.8 Å². The van der Waals surface area contributed by atoms with Gasteiger partial charge >= 0.3 is 6.07 Å². The van der Waals surface area contributed by atoms with Crippen molar-refractivity contribution in [2.75, 3.05) is 13.7 Å². The minimum absolute atomic E-state index is 0.0963. The van der Waals surface area contributed by atoms with Crippen LogP contribution in [0.25, 0.3) is 4.85 Å². The zero-order chi connectivity index (χ0) is 21.6. The number of aromatic nitrogens is 2. The average molecular weight is 442 g/mol. The summed E-state index contributed by atoms with van der Waals surface area (Å²) in [6.45, 7) is 0.839. The van der Waals surface area contributed by atoms with Crippen molar-refractivity contribution in [3.05, 3.63) is 51.6 Å². The maximum absolute atomic E-state index is 12.3. The molecule has 0 aliphatic heterocycles. The predicted molar refractivity (Wildman–Crippen MR) is 118 cm³/mol. The van der Waals surface area contributed by atoms with Crippen LogP contribution >= 0.6 is 11.6 Å². The molecule has 1 heterocycles. The highest BCUT2D eigenvalue weighted by Crippen LogP contribution is 2.30. The van der Waals surface area contributed by atoms with E-state index >= 15 is 0 Å². The van der Waals surface area contributed by atoms with Crippen molar-refractivity contribution in [2.45, 2.75) is 50.7 Å². The molecule has 162 valence electrons. The third kappa shape index (κ3) is 6.08. The van der Waals surface area contributed by atoms with Crippen LogP contribution in [0, 0.1) is 12.0 Å². The highest BCUT2D eigenvalue weighted by atomic mass is 35.5. The lowest BCUT2D eigenvalue weighted by molar-refractivity contribution is 0.0888. The van der Waals surface area contributed by atoms with Crippen molar-refractivity contribution < 1.29 is 14.3 Å². The van der Waals surface area contributed by atoms with E-state index in [9.17, 15) is 4.79 Å². The summed E-state index contributed by atoms with van der Waals surface area (Å²) in [6.07, 6.45) is 6.05. The molecule has 2 fully saturated rings. The largest absolute Gasteiger partial charge is 0.495 e. The molecular weight excluding hydrogens is 416 g/mol. The zero-order valence-corrected chi connectivity index (χ0v) is 18.3. The van der Waals surface area contributed by atoms with E-state index in [1.807, 2.05) is 18.2 Å². The monoisotopic (exact) mass is 441 g/mol. The van der Waals surface area contributed by atoms with Crippen molar-refractivity contribution >= 4 is 17.5 Å². The Labute approximate surface area is 186 Å². The van der Waals surface area contributed by atoms with Gasteiger partial charge in [-0.1, -0.05) is 16.4 Å². The quantitative estimate of drug-likeness (QED) is 0.721. The molecule has 0 bridgehead atoms. The second-order valence-electron chi connectivity index (χ2n) is 8.06. The van der Waals surface area contributed by atoms with Gasteiger partial charge in [0.05, 0.1) is 13.2 Å². The van der Waals surface area contributed by atoms with Crippen molar-refractivity contribution in [1.82, 2.24) is 15.5 Å². The minimum atomic E-state index is -0.228. The first-order valence-corrected chi connectivity index (χ1v) is 11.1.